The molecule has 0 fully saturated rings. The Hall–Kier alpha value is -1.02. The van der Waals surface area contributed by atoms with E-state index < -0.39 is 0 Å². The Morgan fingerprint density at radius 1 is 1.80 bits per heavy atom. The highest BCUT2D eigenvalue weighted by molar-refractivity contribution is 7.99. The summed E-state index contributed by atoms with van der Waals surface area (Å²) in [4.78, 5) is 3.74. The third-order valence-corrected chi connectivity index (χ3v) is 1.49. The van der Waals surface area contributed by atoms with Gasteiger partial charge in [0.15, 0.2) is 6.07 Å². The largest absolute Gasteiger partial charge is 0.329 e. The van der Waals surface area contributed by atoms with Crippen LogP contribution in [-0.4, -0.2) is 15.9 Å². The van der Waals surface area contributed by atoms with Gasteiger partial charge in [0, 0.05) is 0 Å². The molecule has 0 amide bonds. The second kappa shape index (κ2) is 3.22. The summed E-state index contributed by atoms with van der Waals surface area (Å²) in [5.74, 6) is 0.903. The van der Waals surface area contributed by atoms with Gasteiger partial charge in [-0.25, -0.2) is 0 Å². The molecule has 0 radical (unpaired) electrons. The summed E-state index contributed by atoms with van der Waals surface area (Å²) in [6.07, 6.45) is 0. The van der Waals surface area contributed by atoms with E-state index in [-0.39, 0.29) is 5.89 Å². The number of thioether (sulfide) groups is 1. The molecule has 0 aliphatic heterocycles. The molecule has 1 aromatic rings. The molecule has 0 aromatic carbocycles. The first-order valence-corrected chi connectivity index (χ1v) is 3.72. The summed E-state index contributed by atoms with van der Waals surface area (Å²) in [5, 5.41) is 12.3. The van der Waals surface area contributed by atoms with Crippen LogP contribution >= 0.6 is 11.8 Å². The quantitative estimate of drug-likeness (QED) is 0.597. The number of rotatable bonds is 2. The Morgan fingerprint density at radius 2 is 2.60 bits per heavy atom. The highest BCUT2D eigenvalue weighted by Crippen LogP contribution is 2.11. The van der Waals surface area contributed by atoms with E-state index in [0.29, 0.717) is 5.16 Å². The molecule has 0 saturated heterocycles. The predicted octanol–water partition coefficient (Wildman–Crippen LogP) is 1.05. The van der Waals surface area contributed by atoms with Gasteiger partial charge in [-0.05, 0) is 10.9 Å². The van der Waals surface area contributed by atoms with Crippen molar-refractivity contribution in [3.05, 3.63) is 5.89 Å². The molecule has 0 atom stereocenters. The molecule has 0 saturated carbocycles. The molecule has 1 heterocycles. The summed E-state index contributed by atoms with van der Waals surface area (Å²) < 4.78 is 4.52. The van der Waals surface area contributed by atoms with Gasteiger partial charge in [0.25, 0.3) is 0 Å². The monoisotopic (exact) mass is 155 g/mol. The Balaban J connectivity index is 2.71. The van der Waals surface area contributed by atoms with Gasteiger partial charge in [0.2, 0.25) is 5.16 Å². The molecule has 4 nitrogen and oxygen atoms in total. The normalized spacial score (nSPS) is 9.20. The molecule has 5 heteroatoms. The van der Waals surface area contributed by atoms with Crippen molar-refractivity contribution in [2.24, 2.45) is 0 Å². The lowest BCUT2D eigenvalue weighted by Crippen LogP contribution is -1.74. The fourth-order valence-corrected chi connectivity index (χ4v) is 0.939. The van der Waals surface area contributed by atoms with Gasteiger partial charge < -0.3 is 4.52 Å². The lowest BCUT2D eigenvalue weighted by molar-refractivity contribution is 0.394. The Kier molecular flexibility index (Phi) is 2.29. The predicted molar refractivity (Wildman–Crippen MR) is 35.4 cm³/mol. The first-order valence-electron chi connectivity index (χ1n) is 2.73. The van der Waals surface area contributed by atoms with Gasteiger partial charge in [-0.1, -0.05) is 18.7 Å². The molecule has 1 aromatic heterocycles. The molecule has 0 aliphatic carbocycles. The van der Waals surface area contributed by atoms with Gasteiger partial charge in [-0.15, -0.1) is 0 Å². The summed E-state index contributed by atoms with van der Waals surface area (Å²) in [6, 6.07) is 1.75. The van der Waals surface area contributed by atoms with Crippen molar-refractivity contribution in [1.29, 1.82) is 5.26 Å². The second-order valence-corrected chi connectivity index (χ2v) is 2.66. The fraction of sp³-hybridized carbons (Fsp3) is 0.400. The lowest BCUT2D eigenvalue weighted by Gasteiger charge is -1.81. The average molecular weight is 155 g/mol. The smallest absolute Gasteiger partial charge is 0.322 e. The van der Waals surface area contributed by atoms with Crippen LogP contribution in [0.2, 0.25) is 0 Å². The van der Waals surface area contributed by atoms with Crippen molar-refractivity contribution in [3.63, 3.8) is 0 Å². The number of nitriles is 1. The van der Waals surface area contributed by atoms with Crippen molar-refractivity contribution in [3.8, 4) is 6.07 Å². The molecule has 0 bridgehead atoms. The maximum atomic E-state index is 8.26. The molecular weight excluding hydrogens is 150 g/mol. The average Bonchev–Trinajstić information content (AvgIpc) is 2.37. The van der Waals surface area contributed by atoms with E-state index in [9.17, 15) is 0 Å². The molecule has 0 unspecified atom stereocenters. The fourth-order valence-electron chi connectivity index (χ4n) is 0.443. The molecule has 10 heavy (non-hydrogen) atoms. The van der Waals surface area contributed by atoms with E-state index in [1.165, 1.54) is 11.8 Å². The number of nitrogens with zero attached hydrogens (tertiary/aromatic N) is 3. The molecular formula is C5H5N3OS. The summed E-state index contributed by atoms with van der Waals surface area (Å²) in [7, 11) is 0. The first kappa shape index (κ1) is 7.09. The van der Waals surface area contributed by atoms with Crippen molar-refractivity contribution in [2.75, 3.05) is 5.75 Å². The zero-order valence-corrected chi connectivity index (χ0v) is 6.18. The van der Waals surface area contributed by atoms with Crippen LogP contribution < -0.4 is 0 Å². The van der Waals surface area contributed by atoms with E-state index in [1.54, 1.807) is 6.07 Å². The van der Waals surface area contributed by atoms with Crippen molar-refractivity contribution in [2.45, 2.75) is 12.1 Å². The van der Waals surface area contributed by atoms with Gasteiger partial charge in [0.05, 0.1) is 0 Å². The second-order valence-electron chi connectivity index (χ2n) is 1.43. The van der Waals surface area contributed by atoms with Crippen LogP contribution in [0.15, 0.2) is 9.68 Å². The first-order chi connectivity index (χ1) is 4.86. The van der Waals surface area contributed by atoms with Crippen molar-refractivity contribution >= 4 is 11.8 Å². The van der Waals surface area contributed by atoms with Crippen LogP contribution in [0, 0.1) is 11.3 Å². The zero-order valence-electron chi connectivity index (χ0n) is 5.37. The van der Waals surface area contributed by atoms with E-state index >= 15 is 0 Å². The Bertz CT molecular complexity index is 252. The van der Waals surface area contributed by atoms with Crippen molar-refractivity contribution in [1.82, 2.24) is 10.1 Å². The van der Waals surface area contributed by atoms with Crippen LogP contribution in [0.3, 0.4) is 0 Å². The molecule has 0 N–H and O–H groups in total. The highest BCUT2D eigenvalue weighted by atomic mass is 32.2. The van der Waals surface area contributed by atoms with E-state index in [0.717, 1.165) is 5.75 Å². The van der Waals surface area contributed by atoms with E-state index in [4.69, 9.17) is 5.26 Å². The van der Waals surface area contributed by atoms with Gasteiger partial charge in [-0.2, -0.15) is 10.2 Å². The van der Waals surface area contributed by atoms with Gasteiger partial charge >= 0.3 is 5.89 Å². The van der Waals surface area contributed by atoms with E-state index in [2.05, 4.69) is 14.7 Å². The third kappa shape index (κ3) is 1.48. The Labute approximate surface area is 62.2 Å². The van der Waals surface area contributed by atoms with Crippen molar-refractivity contribution < 1.29 is 4.52 Å². The van der Waals surface area contributed by atoms with E-state index in [1.807, 2.05) is 6.92 Å². The maximum absolute atomic E-state index is 8.26. The minimum Gasteiger partial charge on any atom is -0.322 e. The molecule has 52 valence electrons. The minimum absolute atomic E-state index is 0.0240. The number of hydrogen-bond acceptors (Lipinski definition) is 5. The summed E-state index contributed by atoms with van der Waals surface area (Å²) >= 11 is 1.44. The molecule has 0 aliphatic rings. The Morgan fingerprint density at radius 3 is 3.10 bits per heavy atom. The zero-order chi connectivity index (χ0) is 7.40. The van der Waals surface area contributed by atoms with Crippen LogP contribution in [0.5, 0.6) is 0 Å². The SMILES string of the molecule is CCSc1noc(C#N)n1. The van der Waals surface area contributed by atoms with Gasteiger partial charge in [0.1, 0.15) is 0 Å². The van der Waals surface area contributed by atoms with Crippen LogP contribution in [0.4, 0.5) is 0 Å². The maximum Gasteiger partial charge on any atom is 0.329 e. The summed E-state index contributed by atoms with van der Waals surface area (Å²) in [6.45, 7) is 1.98. The molecule has 0 spiro atoms. The topological polar surface area (TPSA) is 62.7 Å². The summed E-state index contributed by atoms with van der Waals surface area (Å²) in [5.41, 5.74) is 0. The van der Waals surface area contributed by atoms with Gasteiger partial charge in [-0.3, -0.25) is 0 Å². The van der Waals surface area contributed by atoms with Crippen LogP contribution in [0.1, 0.15) is 12.8 Å². The number of aromatic nitrogens is 2. The third-order valence-electron chi connectivity index (χ3n) is 0.776. The highest BCUT2D eigenvalue weighted by Gasteiger charge is 2.02. The number of hydrogen-bond donors (Lipinski definition) is 0. The lowest BCUT2D eigenvalue weighted by atomic mass is 10.8. The minimum atomic E-state index is 0.0240. The standard InChI is InChI=1S/C5H5N3OS/c1-2-10-5-7-4(3-6)9-8-5/h2H2,1H3. The van der Waals surface area contributed by atoms with Crippen LogP contribution in [-0.2, 0) is 0 Å². The molecule has 1 rings (SSSR count). The van der Waals surface area contributed by atoms with Crippen LogP contribution in [0.25, 0.3) is 0 Å².